The Hall–Kier alpha value is -6.97. The van der Waals surface area contributed by atoms with Gasteiger partial charge in [-0.05, 0) is 57.6 Å². The predicted molar refractivity (Wildman–Crippen MR) is 222 cm³/mol. The lowest BCUT2D eigenvalue weighted by atomic mass is 9.76. The number of para-hydroxylation sites is 2. The lowest BCUT2D eigenvalue weighted by Gasteiger charge is -2.39. The Bertz CT molecular complexity index is 2070. The third kappa shape index (κ3) is 6.37. The number of benzene rings is 8. The van der Waals surface area contributed by atoms with Crippen LogP contribution in [0.1, 0.15) is 49.3 Å². The number of hydrogen-bond donors (Lipinski definition) is 2. The Balaban J connectivity index is 1.28. The van der Waals surface area contributed by atoms with E-state index in [4.69, 9.17) is 0 Å². The van der Waals surface area contributed by atoms with Gasteiger partial charge in [-0.1, -0.05) is 206 Å². The van der Waals surface area contributed by atoms with E-state index in [9.17, 15) is 0 Å². The lowest BCUT2D eigenvalue weighted by Crippen LogP contribution is -2.39. The molecule has 0 bridgehead atoms. The van der Waals surface area contributed by atoms with E-state index >= 15 is 4.79 Å². The summed E-state index contributed by atoms with van der Waals surface area (Å²) in [6.45, 7) is 0. The molecule has 2 N–H and O–H groups in total. The van der Waals surface area contributed by atoms with Gasteiger partial charge in [0.05, 0.1) is 0 Å². The van der Waals surface area contributed by atoms with Crippen molar-refractivity contribution < 1.29 is 4.79 Å². The van der Waals surface area contributed by atoms with E-state index in [0.29, 0.717) is 11.1 Å². The van der Waals surface area contributed by atoms with Gasteiger partial charge in [0, 0.05) is 22.5 Å². The average molecular weight is 697 g/mol. The smallest absolute Gasteiger partial charge is 0.197 e. The van der Waals surface area contributed by atoms with Gasteiger partial charge in [0.15, 0.2) is 5.78 Å². The molecule has 0 fully saturated rings. The SMILES string of the molecule is O=C(c1ccccc1NC(c1ccccc1)(c1ccccc1)c1ccccc1)c1ccccc1NC(c1ccccc1)(c1ccccc1)c1ccccc1. The van der Waals surface area contributed by atoms with E-state index < -0.39 is 11.1 Å². The quantitative estimate of drug-likeness (QED) is 0.0987. The summed E-state index contributed by atoms with van der Waals surface area (Å²) in [5.74, 6) is -0.0904. The first kappa shape index (κ1) is 34.1. The van der Waals surface area contributed by atoms with Crippen molar-refractivity contribution in [1.29, 1.82) is 0 Å². The van der Waals surface area contributed by atoms with Gasteiger partial charge in [-0.3, -0.25) is 4.79 Å². The minimum absolute atomic E-state index is 0.0904. The first-order chi connectivity index (χ1) is 26.7. The van der Waals surface area contributed by atoms with Crippen molar-refractivity contribution in [1.82, 2.24) is 0 Å². The van der Waals surface area contributed by atoms with Gasteiger partial charge in [0.1, 0.15) is 11.1 Å². The van der Waals surface area contributed by atoms with Gasteiger partial charge in [0.2, 0.25) is 0 Å². The summed E-state index contributed by atoms with van der Waals surface area (Å²) in [6, 6.07) is 78.4. The number of nitrogens with one attached hydrogen (secondary N) is 2. The molecule has 8 aromatic carbocycles. The maximum atomic E-state index is 15.2. The summed E-state index contributed by atoms with van der Waals surface area (Å²) in [6.07, 6.45) is 0. The summed E-state index contributed by atoms with van der Waals surface area (Å²) >= 11 is 0. The summed E-state index contributed by atoms with van der Waals surface area (Å²) in [4.78, 5) is 15.2. The molecule has 0 unspecified atom stereocenters. The maximum absolute atomic E-state index is 15.2. The highest BCUT2D eigenvalue weighted by Crippen LogP contribution is 2.43. The van der Waals surface area contributed by atoms with Crippen LogP contribution in [0.2, 0.25) is 0 Å². The van der Waals surface area contributed by atoms with Crippen molar-refractivity contribution in [3.63, 3.8) is 0 Å². The van der Waals surface area contributed by atoms with Gasteiger partial charge in [-0.25, -0.2) is 0 Å². The van der Waals surface area contributed by atoms with Crippen molar-refractivity contribution in [3.8, 4) is 0 Å². The van der Waals surface area contributed by atoms with Crippen LogP contribution < -0.4 is 10.6 Å². The minimum Gasteiger partial charge on any atom is -0.367 e. The largest absolute Gasteiger partial charge is 0.367 e. The molecule has 0 atom stereocenters. The topological polar surface area (TPSA) is 41.1 Å². The van der Waals surface area contributed by atoms with Crippen LogP contribution in [0.4, 0.5) is 11.4 Å². The summed E-state index contributed by atoms with van der Waals surface area (Å²) in [5, 5.41) is 7.93. The highest BCUT2D eigenvalue weighted by molar-refractivity contribution is 6.15. The van der Waals surface area contributed by atoms with Crippen molar-refractivity contribution in [2.75, 3.05) is 10.6 Å². The highest BCUT2D eigenvalue weighted by Gasteiger charge is 2.39. The number of rotatable bonds is 12. The van der Waals surface area contributed by atoms with Crippen molar-refractivity contribution in [2.24, 2.45) is 0 Å². The van der Waals surface area contributed by atoms with E-state index in [-0.39, 0.29) is 5.78 Å². The molecule has 0 aliphatic heterocycles. The van der Waals surface area contributed by atoms with Crippen LogP contribution in [0.3, 0.4) is 0 Å². The number of carbonyl (C=O) groups is 1. The molecule has 8 rings (SSSR count). The molecule has 8 aromatic rings. The van der Waals surface area contributed by atoms with Crippen molar-refractivity contribution in [3.05, 3.63) is 275 Å². The zero-order chi connectivity index (χ0) is 36.6. The summed E-state index contributed by atoms with van der Waals surface area (Å²) in [7, 11) is 0. The highest BCUT2D eigenvalue weighted by atomic mass is 16.1. The fourth-order valence-electron chi connectivity index (χ4n) is 7.69. The summed E-state index contributed by atoms with van der Waals surface area (Å²) in [5.41, 5.74) is 7.36. The molecule has 0 heterocycles. The van der Waals surface area contributed by atoms with E-state index in [1.165, 1.54) is 0 Å². The second-order valence-electron chi connectivity index (χ2n) is 13.4. The monoisotopic (exact) mass is 696 g/mol. The normalized spacial score (nSPS) is 11.4. The lowest BCUT2D eigenvalue weighted by molar-refractivity contribution is 0.104. The van der Waals surface area contributed by atoms with E-state index in [1.54, 1.807) is 0 Å². The second-order valence-corrected chi connectivity index (χ2v) is 13.4. The minimum atomic E-state index is -0.805. The van der Waals surface area contributed by atoms with Crippen LogP contribution in [0.15, 0.2) is 231 Å². The Kier molecular flexibility index (Phi) is 9.69. The molecule has 0 spiro atoms. The van der Waals surface area contributed by atoms with E-state index in [0.717, 1.165) is 44.8 Å². The molecule has 54 heavy (non-hydrogen) atoms. The van der Waals surface area contributed by atoms with E-state index in [2.05, 4.69) is 156 Å². The molecule has 0 aliphatic carbocycles. The maximum Gasteiger partial charge on any atom is 0.197 e. The molecule has 0 aliphatic rings. The Labute approximate surface area is 317 Å². The molecule has 260 valence electrons. The van der Waals surface area contributed by atoms with Crippen LogP contribution in [0.25, 0.3) is 0 Å². The predicted octanol–water partition coefficient (Wildman–Crippen LogP) is 11.7. The fraction of sp³-hybridized carbons (Fsp3) is 0.0392. The third-order valence-electron chi connectivity index (χ3n) is 10.2. The van der Waals surface area contributed by atoms with Crippen LogP contribution in [-0.4, -0.2) is 5.78 Å². The van der Waals surface area contributed by atoms with Gasteiger partial charge in [-0.2, -0.15) is 0 Å². The first-order valence-electron chi connectivity index (χ1n) is 18.3. The number of carbonyl (C=O) groups excluding carboxylic acids is 1. The standard InChI is InChI=1S/C51H40N2O/c54-49(45-35-19-21-37-47(45)52-50(39-23-7-1-8-24-39,40-25-9-2-10-26-40)41-27-11-3-12-28-41)46-36-20-22-38-48(46)53-51(42-29-13-4-14-30-42,43-31-15-5-16-32-43)44-33-17-6-18-34-44/h1-38,52-53H. The van der Waals surface area contributed by atoms with Gasteiger partial charge in [0.25, 0.3) is 0 Å². The Morgan fingerprint density at radius 2 is 0.481 bits per heavy atom. The molecular formula is C51H40N2O. The first-order valence-corrected chi connectivity index (χ1v) is 18.3. The van der Waals surface area contributed by atoms with Crippen LogP contribution in [-0.2, 0) is 11.1 Å². The fourth-order valence-corrected chi connectivity index (χ4v) is 7.69. The third-order valence-corrected chi connectivity index (χ3v) is 10.2. The zero-order valence-corrected chi connectivity index (χ0v) is 29.8. The number of anilines is 2. The Morgan fingerprint density at radius 1 is 0.278 bits per heavy atom. The zero-order valence-electron chi connectivity index (χ0n) is 29.8. The molecular weight excluding hydrogens is 657 g/mol. The number of hydrogen-bond acceptors (Lipinski definition) is 3. The van der Waals surface area contributed by atoms with Crippen LogP contribution >= 0.6 is 0 Å². The van der Waals surface area contributed by atoms with Crippen molar-refractivity contribution >= 4 is 17.2 Å². The molecule has 0 saturated heterocycles. The Morgan fingerprint density at radius 3 is 0.722 bits per heavy atom. The second kappa shape index (κ2) is 15.3. The molecule has 3 heteroatoms. The molecule has 0 radical (unpaired) electrons. The van der Waals surface area contributed by atoms with Crippen LogP contribution in [0.5, 0.6) is 0 Å². The van der Waals surface area contributed by atoms with E-state index in [1.807, 2.05) is 84.9 Å². The van der Waals surface area contributed by atoms with Crippen LogP contribution in [0, 0.1) is 0 Å². The van der Waals surface area contributed by atoms with Gasteiger partial charge >= 0.3 is 0 Å². The van der Waals surface area contributed by atoms with Gasteiger partial charge < -0.3 is 10.6 Å². The molecule has 0 amide bonds. The van der Waals surface area contributed by atoms with Gasteiger partial charge in [-0.15, -0.1) is 0 Å². The summed E-state index contributed by atoms with van der Waals surface area (Å²) < 4.78 is 0. The molecule has 3 nitrogen and oxygen atoms in total. The van der Waals surface area contributed by atoms with Crippen molar-refractivity contribution in [2.45, 2.75) is 11.1 Å². The molecule has 0 saturated carbocycles. The average Bonchev–Trinajstić information content (AvgIpc) is 3.26. The number of ketones is 1. The molecule has 0 aromatic heterocycles.